The summed E-state index contributed by atoms with van der Waals surface area (Å²) < 4.78 is 0. The van der Waals surface area contributed by atoms with Gasteiger partial charge in [-0.05, 0) is 56.0 Å². The molecule has 5 rings (SSSR count). The molecule has 4 aromatic rings. The Balaban J connectivity index is 1.32. The molecule has 0 saturated carbocycles. The Hall–Kier alpha value is -3.54. The minimum atomic E-state index is -0.147. The molecule has 2 heterocycles. The summed E-state index contributed by atoms with van der Waals surface area (Å²) in [4.78, 5) is 12.6. The van der Waals surface area contributed by atoms with E-state index in [-0.39, 0.29) is 22.9 Å². The molecule has 5 N–H and O–H groups in total. The average molecular weight is 506 g/mol. The highest BCUT2D eigenvalue weighted by molar-refractivity contribution is 6.02. The van der Waals surface area contributed by atoms with Crippen molar-refractivity contribution in [3.8, 4) is 22.4 Å². The van der Waals surface area contributed by atoms with E-state index in [4.69, 9.17) is 11.5 Å². The van der Waals surface area contributed by atoms with Crippen LogP contribution in [0.3, 0.4) is 0 Å². The molecule has 5 nitrogen and oxygen atoms in total. The average Bonchev–Trinajstić information content (AvgIpc) is 3.57. The second-order valence-electron chi connectivity index (χ2n) is 12.7. The minimum absolute atomic E-state index is 0.00386. The Bertz CT molecular complexity index is 1520. The number of nitrogens with zero attached hydrogens (tertiary/aromatic N) is 2. The molecule has 0 spiro atoms. The highest BCUT2D eigenvalue weighted by atomic mass is 15.0. The highest BCUT2D eigenvalue weighted by Gasteiger charge is 2.28. The third-order valence-electron chi connectivity index (χ3n) is 7.61. The molecule has 1 aliphatic heterocycles. The molecular weight excluding hydrogens is 466 g/mol. The zero-order valence-corrected chi connectivity index (χ0v) is 23.3. The molecule has 0 amide bonds. The van der Waals surface area contributed by atoms with Crippen LogP contribution in [0.1, 0.15) is 65.4 Å². The summed E-state index contributed by atoms with van der Waals surface area (Å²) in [6, 6.07) is 21.7. The number of benzene rings is 3. The quantitative estimate of drug-likeness (QED) is 0.262. The fourth-order valence-electron chi connectivity index (χ4n) is 4.84. The van der Waals surface area contributed by atoms with E-state index in [9.17, 15) is 0 Å². The van der Waals surface area contributed by atoms with Gasteiger partial charge >= 0.3 is 0 Å². The summed E-state index contributed by atoms with van der Waals surface area (Å²) in [5.74, 6) is 0.819. The third-order valence-corrected chi connectivity index (χ3v) is 7.61. The van der Waals surface area contributed by atoms with Crippen molar-refractivity contribution in [2.45, 2.75) is 60.0 Å². The van der Waals surface area contributed by atoms with Crippen molar-refractivity contribution < 1.29 is 0 Å². The number of nitrogens with two attached hydrogens (primary N) is 2. The topological polar surface area (TPSA) is 93.1 Å². The van der Waals surface area contributed by atoms with Crippen molar-refractivity contribution in [1.82, 2.24) is 9.97 Å². The van der Waals surface area contributed by atoms with Gasteiger partial charge in [0.15, 0.2) is 0 Å². The van der Waals surface area contributed by atoms with Crippen molar-refractivity contribution >= 4 is 22.1 Å². The van der Waals surface area contributed by atoms with E-state index in [0.29, 0.717) is 0 Å². The van der Waals surface area contributed by atoms with Crippen LogP contribution in [0, 0.1) is 10.8 Å². The Labute approximate surface area is 226 Å². The summed E-state index contributed by atoms with van der Waals surface area (Å²) in [7, 11) is 0. The van der Waals surface area contributed by atoms with Crippen LogP contribution in [-0.4, -0.2) is 21.7 Å². The molecule has 0 bridgehead atoms. The molecule has 2 atom stereocenters. The predicted molar refractivity (Wildman–Crippen MR) is 161 cm³/mol. The highest BCUT2D eigenvalue weighted by Crippen LogP contribution is 2.33. The normalized spacial score (nSPS) is 15.9. The van der Waals surface area contributed by atoms with Crippen molar-refractivity contribution in [2.24, 2.45) is 27.3 Å². The molecule has 1 aromatic heterocycles. The van der Waals surface area contributed by atoms with E-state index in [1.165, 1.54) is 33.0 Å². The monoisotopic (exact) mass is 505 g/mol. The summed E-state index contributed by atoms with van der Waals surface area (Å²) in [5, 5.41) is 2.39. The first-order valence-electron chi connectivity index (χ1n) is 13.4. The summed E-state index contributed by atoms with van der Waals surface area (Å²) in [6.45, 7) is 12.9. The van der Waals surface area contributed by atoms with Gasteiger partial charge in [0.1, 0.15) is 5.82 Å². The van der Waals surface area contributed by atoms with Gasteiger partial charge in [-0.2, -0.15) is 0 Å². The number of imidazole rings is 1. The van der Waals surface area contributed by atoms with Crippen molar-refractivity contribution in [1.29, 1.82) is 0 Å². The molecule has 5 heteroatoms. The smallest absolute Gasteiger partial charge is 0.124 e. The van der Waals surface area contributed by atoms with Crippen LogP contribution in [0.25, 0.3) is 38.7 Å². The van der Waals surface area contributed by atoms with Gasteiger partial charge in [0, 0.05) is 29.9 Å². The molecule has 0 saturated heterocycles. The van der Waals surface area contributed by atoms with Gasteiger partial charge in [-0.15, -0.1) is 0 Å². The first kappa shape index (κ1) is 26.1. The molecular formula is C33H39N5. The van der Waals surface area contributed by atoms with E-state index < -0.39 is 0 Å². The number of H-pyrrole nitrogens is 1. The minimum Gasteiger partial charge on any atom is -0.341 e. The lowest BCUT2D eigenvalue weighted by Gasteiger charge is -2.27. The zero-order valence-electron chi connectivity index (χ0n) is 23.3. The lowest BCUT2D eigenvalue weighted by Crippen LogP contribution is -2.41. The van der Waals surface area contributed by atoms with Gasteiger partial charge in [-0.25, -0.2) is 4.98 Å². The second-order valence-corrected chi connectivity index (χ2v) is 12.7. The first-order valence-corrected chi connectivity index (χ1v) is 13.4. The maximum absolute atomic E-state index is 6.44. The molecule has 196 valence electrons. The number of aliphatic imine (C=N–C) groups is 1. The fraction of sp³-hybridized carbons (Fsp3) is 0.333. The van der Waals surface area contributed by atoms with Crippen LogP contribution in [0.15, 0.2) is 78.1 Å². The van der Waals surface area contributed by atoms with E-state index in [0.717, 1.165) is 29.2 Å². The van der Waals surface area contributed by atoms with Crippen molar-refractivity contribution in [3.63, 3.8) is 0 Å². The fourth-order valence-corrected chi connectivity index (χ4v) is 4.84. The maximum Gasteiger partial charge on any atom is 0.124 e. The summed E-state index contributed by atoms with van der Waals surface area (Å²) >= 11 is 0. The van der Waals surface area contributed by atoms with Crippen LogP contribution in [0.5, 0.6) is 0 Å². The SMILES string of the molecule is CC(C)(C)[C@H](N)C1=NC=C(c2ccc(-c3ccc4cc(-c5cnc([C@@H](N)C(C)(C)C)[nH]5)ccc4c3)cc2)C1. The van der Waals surface area contributed by atoms with E-state index in [1.54, 1.807) is 0 Å². The lowest BCUT2D eigenvalue weighted by atomic mass is 9.83. The first-order chi connectivity index (χ1) is 17.9. The van der Waals surface area contributed by atoms with Crippen molar-refractivity contribution in [3.05, 3.63) is 84.4 Å². The summed E-state index contributed by atoms with van der Waals surface area (Å²) in [6.07, 6.45) is 4.67. The number of fused-ring (bicyclic) bond motifs is 1. The van der Waals surface area contributed by atoms with E-state index in [2.05, 4.69) is 117 Å². The molecule has 3 aromatic carbocycles. The third kappa shape index (κ3) is 5.22. The Morgan fingerprint density at radius 2 is 1.26 bits per heavy atom. The Kier molecular flexibility index (Phi) is 6.62. The lowest BCUT2D eigenvalue weighted by molar-refractivity contribution is 0.317. The molecule has 0 aliphatic carbocycles. The van der Waals surface area contributed by atoms with Gasteiger partial charge in [-0.1, -0.05) is 90.1 Å². The van der Waals surface area contributed by atoms with Gasteiger partial charge in [0.25, 0.3) is 0 Å². The molecule has 1 aliphatic rings. The van der Waals surface area contributed by atoms with Crippen LogP contribution in [-0.2, 0) is 0 Å². The summed E-state index contributed by atoms with van der Waals surface area (Å²) in [5.41, 5.74) is 20.7. The molecule has 0 unspecified atom stereocenters. The van der Waals surface area contributed by atoms with Gasteiger partial charge in [0.05, 0.1) is 17.9 Å². The zero-order chi connectivity index (χ0) is 27.2. The van der Waals surface area contributed by atoms with Gasteiger partial charge in [-0.3, -0.25) is 4.99 Å². The second kappa shape index (κ2) is 9.64. The maximum atomic E-state index is 6.44. The standard InChI is InChI=1S/C33H39N5/c1-32(2,3)29(34)27-17-26(18-36-27)21-9-7-20(8-10-21)22-11-12-24-16-25(14-13-23(24)15-22)28-19-37-31(38-28)30(35)33(4,5)6/h7-16,18-19,29-30H,17,34-35H2,1-6H3,(H,37,38)/t29-,30-/m1/s1. The van der Waals surface area contributed by atoms with Crippen LogP contribution < -0.4 is 11.5 Å². The van der Waals surface area contributed by atoms with Crippen LogP contribution in [0.2, 0.25) is 0 Å². The van der Waals surface area contributed by atoms with Gasteiger partial charge < -0.3 is 16.5 Å². The predicted octanol–water partition coefficient (Wildman–Crippen LogP) is 7.50. The number of rotatable bonds is 5. The number of allylic oxidation sites excluding steroid dienone is 1. The van der Waals surface area contributed by atoms with Crippen LogP contribution in [0.4, 0.5) is 0 Å². The van der Waals surface area contributed by atoms with Crippen molar-refractivity contribution in [2.75, 3.05) is 0 Å². The Morgan fingerprint density at radius 1 is 0.711 bits per heavy atom. The van der Waals surface area contributed by atoms with Gasteiger partial charge in [0.2, 0.25) is 0 Å². The van der Waals surface area contributed by atoms with Crippen LogP contribution >= 0.6 is 0 Å². The molecule has 38 heavy (non-hydrogen) atoms. The Morgan fingerprint density at radius 3 is 1.89 bits per heavy atom. The number of nitrogens with one attached hydrogen (secondary N) is 1. The molecule has 0 fully saturated rings. The number of aromatic nitrogens is 2. The number of hydrogen-bond donors (Lipinski definition) is 3. The number of aromatic amines is 1. The van der Waals surface area contributed by atoms with E-state index in [1.807, 2.05) is 12.4 Å². The largest absolute Gasteiger partial charge is 0.341 e. The molecule has 0 radical (unpaired) electrons. The van der Waals surface area contributed by atoms with E-state index >= 15 is 0 Å². The number of hydrogen-bond acceptors (Lipinski definition) is 4.